The molecule has 1 unspecified atom stereocenters. The van der Waals surface area contributed by atoms with Crippen molar-refractivity contribution in [3.05, 3.63) is 25.1 Å². The van der Waals surface area contributed by atoms with Crippen molar-refractivity contribution in [1.29, 1.82) is 0 Å². The molecular weight excluding hydrogens is 306 g/mol. The summed E-state index contributed by atoms with van der Waals surface area (Å²) in [5.41, 5.74) is 5.65. The first-order valence-corrected chi connectivity index (χ1v) is 10.9. The van der Waals surface area contributed by atoms with Gasteiger partial charge in [0.2, 0.25) is 0 Å². The molecule has 0 radical (unpaired) electrons. The van der Waals surface area contributed by atoms with Crippen LogP contribution in [0.4, 0.5) is 0 Å². The second kappa shape index (κ2) is 16.5. The highest BCUT2D eigenvalue weighted by Crippen LogP contribution is 2.15. The van der Waals surface area contributed by atoms with Gasteiger partial charge < -0.3 is 16.0 Å². The van der Waals surface area contributed by atoms with E-state index in [9.17, 15) is 0 Å². The monoisotopic (exact) mass is 349 g/mol. The lowest BCUT2D eigenvalue weighted by molar-refractivity contribution is 0.264. The second-order valence-corrected chi connectivity index (χ2v) is 7.49. The van der Waals surface area contributed by atoms with Gasteiger partial charge >= 0.3 is 0 Å². The summed E-state index contributed by atoms with van der Waals surface area (Å²) in [5, 5.41) is 3.43. The fourth-order valence-electron chi connectivity index (χ4n) is 3.65. The van der Waals surface area contributed by atoms with Crippen molar-refractivity contribution < 1.29 is 0 Å². The van der Waals surface area contributed by atoms with Crippen LogP contribution in [0.2, 0.25) is 0 Å². The Morgan fingerprint density at radius 1 is 0.840 bits per heavy atom. The Kier molecular flexibility index (Phi) is 14.6. The first-order valence-electron chi connectivity index (χ1n) is 10.9. The van der Waals surface area contributed by atoms with Crippen LogP contribution in [-0.2, 0) is 0 Å². The molecular formula is C22H43N3. The normalized spacial score (nSPS) is 16.4. The number of nitrogens with two attached hydrogens (primary N) is 1. The molecule has 3 N–H and O–H groups in total. The van der Waals surface area contributed by atoms with Crippen LogP contribution < -0.4 is 11.1 Å². The SMILES string of the molecule is C=CCCCCCCCCCCCCCCCC1NC=CN1CCN. The standard InChI is InChI=1S/C22H43N3/c1-2-3-4-5-6-7-8-9-10-11-12-13-14-15-16-17-22-24-19-21-25(22)20-18-23/h2,19,21-22,24H,1,3-18,20,23H2. The number of unbranched alkanes of at least 4 members (excludes halogenated alkanes) is 13. The highest BCUT2D eigenvalue weighted by Gasteiger charge is 2.16. The second-order valence-electron chi connectivity index (χ2n) is 7.49. The summed E-state index contributed by atoms with van der Waals surface area (Å²) in [6.45, 7) is 5.47. The van der Waals surface area contributed by atoms with Crippen LogP contribution in [0.15, 0.2) is 25.1 Å². The van der Waals surface area contributed by atoms with Crippen molar-refractivity contribution >= 4 is 0 Å². The molecule has 3 nitrogen and oxygen atoms in total. The van der Waals surface area contributed by atoms with E-state index in [1.54, 1.807) is 0 Å². The number of nitrogens with one attached hydrogen (secondary N) is 1. The van der Waals surface area contributed by atoms with Gasteiger partial charge in [-0.15, -0.1) is 6.58 Å². The molecule has 0 spiro atoms. The van der Waals surface area contributed by atoms with E-state index < -0.39 is 0 Å². The van der Waals surface area contributed by atoms with Crippen LogP contribution in [0.5, 0.6) is 0 Å². The number of nitrogens with zero attached hydrogens (tertiary/aromatic N) is 1. The van der Waals surface area contributed by atoms with Crippen molar-refractivity contribution in [2.75, 3.05) is 13.1 Å². The molecule has 25 heavy (non-hydrogen) atoms. The van der Waals surface area contributed by atoms with E-state index >= 15 is 0 Å². The van der Waals surface area contributed by atoms with Crippen LogP contribution in [0.25, 0.3) is 0 Å². The van der Waals surface area contributed by atoms with Gasteiger partial charge in [-0.3, -0.25) is 0 Å². The predicted octanol–water partition coefficient (Wildman–Crippen LogP) is 5.69. The Balaban J connectivity index is 1.75. The van der Waals surface area contributed by atoms with Gasteiger partial charge in [0, 0.05) is 25.5 Å². The lowest BCUT2D eigenvalue weighted by Crippen LogP contribution is -2.37. The van der Waals surface area contributed by atoms with Crippen molar-refractivity contribution in [3.63, 3.8) is 0 Å². The minimum atomic E-state index is 0.486. The molecule has 0 aromatic rings. The molecule has 0 amide bonds. The molecule has 1 atom stereocenters. The molecule has 1 rings (SSSR count). The van der Waals surface area contributed by atoms with Gasteiger partial charge in [-0.1, -0.05) is 76.7 Å². The Morgan fingerprint density at radius 2 is 1.36 bits per heavy atom. The molecule has 0 aliphatic carbocycles. The molecule has 1 aliphatic heterocycles. The van der Waals surface area contributed by atoms with Crippen LogP contribution in [0.3, 0.4) is 0 Å². The quantitative estimate of drug-likeness (QED) is 0.247. The summed E-state index contributed by atoms with van der Waals surface area (Å²) >= 11 is 0. The largest absolute Gasteiger partial charge is 0.370 e. The van der Waals surface area contributed by atoms with Gasteiger partial charge in [0.05, 0.1) is 6.17 Å². The van der Waals surface area contributed by atoms with Gasteiger partial charge in [0.25, 0.3) is 0 Å². The number of rotatable bonds is 18. The number of allylic oxidation sites excluding steroid dienone is 1. The molecule has 0 bridgehead atoms. The molecule has 0 saturated carbocycles. The Hall–Kier alpha value is -0.960. The maximum Gasteiger partial charge on any atom is 0.0981 e. The van der Waals surface area contributed by atoms with Gasteiger partial charge in [-0.25, -0.2) is 0 Å². The number of hydrogen-bond donors (Lipinski definition) is 2. The molecule has 1 heterocycles. The summed E-state index contributed by atoms with van der Waals surface area (Å²) in [6, 6.07) is 0. The summed E-state index contributed by atoms with van der Waals surface area (Å²) < 4.78 is 0. The third kappa shape index (κ3) is 12.1. The molecule has 0 aromatic carbocycles. The van der Waals surface area contributed by atoms with Gasteiger partial charge in [0.1, 0.15) is 0 Å². The molecule has 0 saturated heterocycles. The van der Waals surface area contributed by atoms with E-state index in [0.717, 1.165) is 13.1 Å². The smallest absolute Gasteiger partial charge is 0.0981 e. The van der Waals surface area contributed by atoms with Crippen LogP contribution >= 0.6 is 0 Å². The molecule has 0 aromatic heterocycles. The topological polar surface area (TPSA) is 41.3 Å². The average Bonchev–Trinajstić information content (AvgIpc) is 3.06. The zero-order chi connectivity index (χ0) is 18.0. The summed E-state index contributed by atoms with van der Waals surface area (Å²) in [5.74, 6) is 0. The minimum Gasteiger partial charge on any atom is -0.370 e. The molecule has 146 valence electrons. The van der Waals surface area contributed by atoms with Crippen LogP contribution in [-0.4, -0.2) is 24.2 Å². The highest BCUT2D eigenvalue weighted by atomic mass is 15.3. The summed E-state index contributed by atoms with van der Waals surface area (Å²) in [4.78, 5) is 2.33. The molecule has 0 fully saturated rings. The van der Waals surface area contributed by atoms with E-state index in [-0.39, 0.29) is 0 Å². The average molecular weight is 350 g/mol. The Labute approximate surface area is 157 Å². The van der Waals surface area contributed by atoms with Crippen molar-refractivity contribution in [2.24, 2.45) is 5.73 Å². The van der Waals surface area contributed by atoms with E-state index in [2.05, 4.69) is 29.2 Å². The summed E-state index contributed by atoms with van der Waals surface area (Å²) in [6.07, 6.45) is 27.5. The van der Waals surface area contributed by atoms with Crippen molar-refractivity contribution in [1.82, 2.24) is 10.2 Å². The lowest BCUT2D eigenvalue weighted by Gasteiger charge is -2.25. The zero-order valence-corrected chi connectivity index (χ0v) is 16.6. The van der Waals surface area contributed by atoms with Gasteiger partial charge in [0.15, 0.2) is 0 Å². The fourth-order valence-corrected chi connectivity index (χ4v) is 3.65. The van der Waals surface area contributed by atoms with Crippen LogP contribution in [0.1, 0.15) is 96.3 Å². The van der Waals surface area contributed by atoms with E-state index in [1.165, 1.54) is 96.3 Å². The number of hydrogen-bond acceptors (Lipinski definition) is 3. The molecule has 1 aliphatic rings. The zero-order valence-electron chi connectivity index (χ0n) is 16.6. The van der Waals surface area contributed by atoms with E-state index in [0.29, 0.717) is 6.17 Å². The van der Waals surface area contributed by atoms with E-state index in [1.807, 2.05) is 6.08 Å². The first-order chi connectivity index (χ1) is 12.4. The minimum absolute atomic E-state index is 0.486. The maximum absolute atomic E-state index is 5.65. The van der Waals surface area contributed by atoms with Gasteiger partial charge in [-0.2, -0.15) is 0 Å². The third-order valence-corrected chi connectivity index (χ3v) is 5.23. The fraction of sp³-hybridized carbons (Fsp3) is 0.818. The molecule has 3 heteroatoms. The third-order valence-electron chi connectivity index (χ3n) is 5.23. The van der Waals surface area contributed by atoms with E-state index in [4.69, 9.17) is 5.73 Å². The Bertz CT molecular complexity index is 327. The van der Waals surface area contributed by atoms with Crippen molar-refractivity contribution in [3.8, 4) is 0 Å². The van der Waals surface area contributed by atoms with Gasteiger partial charge in [-0.05, 0) is 25.7 Å². The predicted molar refractivity (Wildman–Crippen MR) is 111 cm³/mol. The first kappa shape index (κ1) is 22.1. The summed E-state index contributed by atoms with van der Waals surface area (Å²) in [7, 11) is 0. The van der Waals surface area contributed by atoms with Crippen LogP contribution in [0, 0.1) is 0 Å². The lowest BCUT2D eigenvalue weighted by atomic mass is 10.0. The van der Waals surface area contributed by atoms with Crippen molar-refractivity contribution in [2.45, 2.75) is 102 Å². The maximum atomic E-state index is 5.65. The Morgan fingerprint density at radius 3 is 1.88 bits per heavy atom. The highest BCUT2D eigenvalue weighted by molar-refractivity contribution is 4.94.